The normalized spacial score (nSPS) is 21.4. The van der Waals surface area contributed by atoms with E-state index >= 15 is 0 Å². The number of nitrogens with one attached hydrogen (secondary N) is 1. The van der Waals surface area contributed by atoms with Crippen LogP contribution in [0.25, 0.3) is 0 Å². The first-order chi connectivity index (χ1) is 13.0. The zero-order valence-electron chi connectivity index (χ0n) is 14.9. The van der Waals surface area contributed by atoms with Crippen molar-refractivity contribution in [1.29, 1.82) is 0 Å². The van der Waals surface area contributed by atoms with Crippen LogP contribution in [0.4, 0.5) is 35.1 Å². The molecule has 0 bridgehead atoms. The molecule has 1 atom stereocenters. The average molecular weight is 521 g/mol. The van der Waals surface area contributed by atoms with Crippen molar-refractivity contribution in [2.24, 2.45) is 0 Å². The van der Waals surface area contributed by atoms with Crippen LogP contribution in [0.2, 0.25) is 0 Å². The molecule has 9 nitrogen and oxygen atoms in total. The minimum atomic E-state index is -7.38. The van der Waals surface area contributed by atoms with Crippen molar-refractivity contribution >= 4 is 30.1 Å². The van der Waals surface area contributed by atoms with E-state index in [0.717, 1.165) is 0 Å². The summed E-state index contributed by atoms with van der Waals surface area (Å²) < 4.78 is 176. The van der Waals surface area contributed by atoms with Gasteiger partial charge in [0.15, 0.2) is 0 Å². The van der Waals surface area contributed by atoms with Gasteiger partial charge in [0, 0.05) is 26.2 Å². The van der Waals surface area contributed by atoms with Gasteiger partial charge in [-0.3, -0.25) is 0 Å². The minimum absolute atomic E-state index is 0.104. The van der Waals surface area contributed by atoms with Crippen LogP contribution in [0.1, 0.15) is 6.92 Å². The van der Waals surface area contributed by atoms with Crippen LogP contribution < -0.4 is 4.13 Å². The van der Waals surface area contributed by atoms with Gasteiger partial charge in [0.2, 0.25) is 0 Å². The maximum atomic E-state index is 14.5. The first-order valence-electron chi connectivity index (χ1n) is 7.43. The number of rotatable bonds is 7. The quantitative estimate of drug-likeness (QED) is 0.477. The number of sulfonamides is 3. The van der Waals surface area contributed by atoms with Crippen LogP contribution in [0.3, 0.4) is 0 Å². The van der Waals surface area contributed by atoms with Gasteiger partial charge in [-0.15, -0.1) is 0 Å². The Morgan fingerprint density at radius 3 is 1.47 bits per heavy atom. The molecule has 1 fully saturated rings. The summed E-state index contributed by atoms with van der Waals surface area (Å²) in [6.45, 7) is -2.69. The van der Waals surface area contributed by atoms with Gasteiger partial charge < -0.3 is 4.90 Å². The van der Waals surface area contributed by atoms with Crippen LogP contribution in [0, 0.1) is 0 Å². The van der Waals surface area contributed by atoms with Crippen molar-refractivity contribution in [3.8, 4) is 0 Å². The Kier molecular flexibility index (Phi) is 6.93. The lowest BCUT2D eigenvalue weighted by Gasteiger charge is -2.39. The van der Waals surface area contributed by atoms with Gasteiger partial charge in [0.25, 0.3) is 25.7 Å². The molecule has 1 heterocycles. The Morgan fingerprint density at radius 1 is 0.700 bits per heavy atom. The maximum absolute atomic E-state index is 14.5. The molecule has 0 aromatic carbocycles. The topological polar surface area (TPSA) is 121 Å². The Hall–Kier alpha value is -0.830. The molecule has 0 amide bonds. The predicted molar refractivity (Wildman–Crippen MR) is 84.4 cm³/mol. The third kappa shape index (κ3) is 4.25. The molecule has 1 rings (SSSR count). The second-order valence-electron chi connectivity index (χ2n) is 6.28. The lowest BCUT2D eigenvalue weighted by molar-refractivity contribution is -0.164. The van der Waals surface area contributed by atoms with Crippen LogP contribution in [-0.4, -0.2) is 89.4 Å². The summed E-state index contributed by atoms with van der Waals surface area (Å²) in [6, 6.07) is 0. The van der Waals surface area contributed by atoms with E-state index in [1.807, 2.05) is 0 Å². The number of likely N-dealkylation sites (N-methyl/N-ethyl adjacent to an activating group) is 1. The highest BCUT2D eigenvalue weighted by atomic mass is 32.3. The van der Waals surface area contributed by atoms with E-state index in [9.17, 15) is 60.4 Å². The molecule has 180 valence electrons. The number of piperazine rings is 1. The first-order valence-corrected chi connectivity index (χ1v) is 11.8. The summed E-state index contributed by atoms with van der Waals surface area (Å²) in [5, 5.41) is -12.8. The predicted octanol–water partition coefficient (Wildman–Crippen LogP) is 0.246. The van der Waals surface area contributed by atoms with Gasteiger partial charge in [0.1, 0.15) is 0 Å². The lowest BCUT2D eigenvalue weighted by Crippen LogP contribution is -2.67. The Morgan fingerprint density at radius 2 is 1.10 bits per heavy atom. The van der Waals surface area contributed by atoms with Crippen molar-refractivity contribution in [2.45, 2.75) is 28.6 Å². The standard InChI is InChI=1S/C10H15F8N3O6S3/c1-7(11,8(12,13)28(22,23)19-29(24,25)10(16,17)18)9(14,15)30(26,27)21-5-3-20(2)4-6-21/h19H,3-6H2,1-2H3. The first kappa shape index (κ1) is 27.2. The summed E-state index contributed by atoms with van der Waals surface area (Å²) in [5.74, 6) is 0. The van der Waals surface area contributed by atoms with Gasteiger partial charge in [-0.2, -0.15) is 35.0 Å². The Bertz CT molecular complexity index is 969. The number of hydrogen-bond acceptors (Lipinski definition) is 7. The minimum Gasteiger partial charge on any atom is -0.304 e. The van der Waals surface area contributed by atoms with E-state index in [1.54, 1.807) is 0 Å². The number of hydrogen-bond donors (Lipinski definition) is 1. The largest absolute Gasteiger partial charge is 0.512 e. The molecule has 0 saturated carbocycles. The SMILES string of the molecule is CN1CCN(S(=O)(=O)C(F)(F)C(C)(F)C(F)(F)S(=O)(=O)NS(=O)(=O)C(F)(F)F)CC1. The summed E-state index contributed by atoms with van der Waals surface area (Å²) in [5.41, 5.74) is -12.4. The van der Waals surface area contributed by atoms with Crippen molar-refractivity contribution in [2.75, 3.05) is 33.2 Å². The molecule has 1 aliphatic heterocycles. The molecule has 20 heteroatoms. The zero-order chi connectivity index (χ0) is 24.2. The summed E-state index contributed by atoms with van der Waals surface area (Å²) in [6.07, 6.45) is 0. The van der Waals surface area contributed by atoms with Gasteiger partial charge in [-0.05, 0) is 14.0 Å². The second-order valence-corrected chi connectivity index (χ2v) is 11.9. The summed E-state index contributed by atoms with van der Waals surface area (Å²) in [4.78, 5) is 1.43. The molecule has 0 radical (unpaired) electrons. The van der Waals surface area contributed by atoms with E-state index in [2.05, 4.69) is 0 Å². The monoisotopic (exact) mass is 521 g/mol. The van der Waals surface area contributed by atoms with Gasteiger partial charge in [-0.25, -0.2) is 29.6 Å². The molecule has 0 aromatic heterocycles. The van der Waals surface area contributed by atoms with Gasteiger partial charge in [0.05, 0.1) is 0 Å². The fourth-order valence-corrected chi connectivity index (χ4v) is 6.33. The molecule has 0 spiro atoms. The molecule has 0 aliphatic carbocycles. The number of nitrogens with zero attached hydrogens (tertiary/aromatic N) is 2. The summed E-state index contributed by atoms with van der Waals surface area (Å²) in [7, 11) is -19.3. The molecule has 1 aliphatic rings. The third-order valence-electron chi connectivity index (χ3n) is 4.08. The third-order valence-corrected chi connectivity index (χ3v) is 9.58. The highest BCUT2D eigenvalue weighted by molar-refractivity contribution is 8.05. The second kappa shape index (κ2) is 7.64. The fraction of sp³-hybridized carbons (Fsp3) is 1.00. The Labute approximate surface area is 166 Å². The van der Waals surface area contributed by atoms with E-state index < -0.39 is 75.9 Å². The van der Waals surface area contributed by atoms with E-state index in [-0.39, 0.29) is 17.4 Å². The summed E-state index contributed by atoms with van der Waals surface area (Å²) >= 11 is 0. The molecular weight excluding hydrogens is 506 g/mol. The van der Waals surface area contributed by atoms with Crippen molar-refractivity contribution < 1.29 is 60.4 Å². The zero-order valence-corrected chi connectivity index (χ0v) is 17.4. The molecule has 1 unspecified atom stereocenters. The van der Waals surface area contributed by atoms with Crippen molar-refractivity contribution in [3.05, 3.63) is 0 Å². The smallest absolute Gasteiger partial charge is 0.304 e. The van der Waals surface area contributed by atoms with Gasteiger partial charge >= 0.3 is 26.0 Å². The molecule has 30 heavy (non-hydrogen) atoms. The lowest BCUT2D eigenvalue weighted by atomic mass is 10.1. The molecule has 0 aromatic rings. The van der Waals surface area contributed by atoms with E-state index in [1.165, 1.54) is 11.9 Å². The molecule has 1 saturated heterocycles. The fourth-order valence-electron chi connectivity index (χ4n) is 2.10. The van der Waals surface area contributed by atoms with Gasteiger partial charge in [-0.1, -0.05) is 4.13 Å². The van der Waals surface area contributed by atoms with Crippen LogP contribution in [0.5, 0.6) is 0 Å². The average Bonchev–Trinajstić information content (AvgIpc) is 2.52. The van der Waals surface area contributed by atoms with Crippen LogP contribution in [0.15, 0.2) is 0 Å². The number of alkyl halides is 8. The highest BCUT2D eigenvalue weighted by Gasteiger charge is 2.79. The van der Waals surface area contributed by atoms with Crippen LogP contribution in [-0.2, 0) is 30.1 Å². The van der Waals surface area contributed by atoms with Crippen LogP contribution >= 0.6 is 0 Å². The molecule has 1 N–H and O–H groups in total. The Balaban J connectivity index is 3.45. The van der Waals surface area contributed by atoms with E-state index in [4.69, 9.17) is 0 Å². The molecular formula is C10H15F8N3O6S3. The van der Waals surface area contributed by atoms with Crippen molar-refractivity contribution in [3.63, 3.8) is 0 Å². The van der Waals surface area contributed by atoms with E-state index in [0.29, 0.717) is 0 Å². The maximum Gasteiger partial charge on any atom is 0.512 e. The van der Waals surface area contributed by atoms with Crippen molar-refractivity contribution in [1.82, 2.24) is 13.3 Å². The number of halogens is 8. The highest BCUT2D eigenvalue weighted by Crippen LogP contribution is 2.50.